The molecule has 1 heterocycles. The molecular weight excluding hydrogens is 171 g/mol. The summed E-state index contributed by atoms with van der Waals surface area (Å²) in [5, 5.41) is 13.1. The molecule has 0 bridgehead atoms. The molecular formula is C9H13FN2O. The summed E-state index contributed by atoms with van der Waals surface area (Å²) < 4.78 is 15.2. The standard InChI is InChI=1S/C9H13FN2O/c1-12-8-4-2-3-6(10)9(8)7(5-13)11-12/h6,13H,2-5H2,1H3. The Bertz CT molecular complexity index is 322. The van der Waals surface area contributed by atoms with Gasteiger partial charge in [-0.2, -0.15) is 5.10 Å². The summed E-state index contributed by atoms with van der Waals surface area (Å²) in [7, 11) is 1.80. The molecule has 1 atom stereocenters. The van der Waals surface area contributed by atoms with E-state index in [0.717, 1.165) is 18.5 Å². The molecule has 0 amide bonds. The Labute approximate surface area is 76.2 Å². The first-order chi connectivity index (χ1) is 6.24. The minimum Gasteiger partial charge on any atom is -0.390 e. The van der Waals surface area contributed by atoms with Crippen LogP contribution in [0.4, 0.5) is 4.39 Å². The molecule has 1 aliphatic carbocycles. The first-order valence-electron chi connectivity index (χ1n) is 4.53. The van der Waals surface area contributed by atoms with E-state index in [1.54, 1.807) is 11.7 Å². The molecule has 0 saturated heterocycles. The fourth-order valence-electron chi connectivity index (χ4n) is 2.00. The average Bonchev–Trinajstić information content (AvgIpc) is 2.45. The van der Waals surface area contributed by atoms with Crippen molar-refractivity contribution in [3.63, 3.8) is 0 Å². The molecule has 1 aromatic rings. The molecule has 72 valence electrons. The van der Waals surface area contributed by atoms with Gasteiger partial charge in [0.1, 0.15) is 6.17 Å². The van der Waals surface area contributed by atoms with Crippen molar-refractivity contribution in [2.75, 3.05) is 0 Å². The van der Waals surface area contributed by atoms with E-state index in [4.69, 9.17) is 5.11 Å². The van der Waals surface area contributed by atoms with Crippen LogP contribution in [0.15, 0.2) is 0 Å². The highest BCUT2D eigenvalue weighted by Crippen LogP contribution is 2.34. The van der Waals surface area contributed by atoms with E-state index in [9.17, 15) is 4.39 Å². The van der Waals surface area contributed by atoms with Gasteiger partial charge in [-0.05, 0) is 19.3 Å². The molecule has 0 radical (unpaired) electrons. The fraction of sp³-hybridized carbons (Fsp3) is 0.667. The zero-order valence-electron chi connectivity index (χ0n) is 7.63. The Balaban J connectivity index is 2.52. The number of aromatic nitrogens is 2. The van der Waals surface area contributed by atoms with Gasteiger partial charge in [0, 0.05) is 18.3 Å². The quantitative estimate of drug-likeness (QED) is 0.713. The van der Waals surface area contributed by atoms with Crippen LogP contribution in [-0.2, 0) is 20.1 Å². The van der Waals surface area contributed by atoms with E-state index in [0.29, 0.717) is 17.7 Å². The lowest BCUT2D eigenvalue weighted by atomic mass is 9.94. The first-order valence-corrected chi connectivity index (χ1v) is 4.53. The number of fused-ring (bicyclic) bond motifs is 1. The Morgan fingerprint density at radius 3 is 3.15 bits per heavy atom. The highest BCUT2D eigenvalue weighted by atomic mass is 19.1. The maximum Gasteiger partial charge on any atom is 0.129 e. The van der Waals surface area contributed by atoms with Crippen LogP contribution in [0.1, 0.15) is 36.0 Å². The van der Waals surface area contributed by atoms with Gasteiger partial charge in [0.2, 0.25) is 0 Å². The topological polar surface area (TPSA) is 38.0 Å². The Kier molecular flexibility index (Phi) is 2.07. The number of halogens is 1. The lowest BCUT2D eigenvalue weighted by Crippen LogP contribution is -2.08. The van der Waals surface area contributed by atoms with Crippen LogP contribution in [0.25, 0.3) is 0 Å². The zero-order chi connectivity index (χ0) is 9.42. The number of nitrogens with zero attached hydrogens (tertiary/aromatic N) is 2. The van der Waals surface area contributed by atoms with E-state index in [2.05, 4.69) is 5.10 Å². The summed E-state index contributed by atoms with van der Waals surface area (Å²) >= 11 is 0. The smallest absolute Gasteiger partial charge is 0.129 e. The Morgan fingerprint density at radius 2 is 2.46 bits per heavy atom. The molecule has 3 nitrogen and oxygen atoms in total. The minimum atomic E-state index is -0.931. The summed E-state index contributed by atoms with van der Waals surface area (Å²) in [5.41, 5.74) is 2.09. The Hall–Kier alpha value is -0.900. The molecule has 0 saturated carbocycles. The van der Waals surface area contributed by atoms with Crippen molar-refractivity contribution >= 4 is 0 Å². The highest BCUT2D eigenvalue weighted by molar-refractivity contribution is 5.30. The van der Waals surface area contributed by atoms with Crippen LogP contribution in [0.3, 0.4) is 0 Å². The number of rotatable bonds is 1. The van der Waals surface area contributed by atoms with E-state index >= 15 is 0 Å². The largest absolute Gasteiger partial charge is 0.390 e. The molecule has 0 aliphatic heterocycles. The van der Waals surface area contributed by atoms with Gasteiger partial charge in [0.05, 0.1) is 12.3 Å². The summed E-state index contributed by atoms with van der Waals surface area (Å²) in [6.07, 6.45) is 1.38. The number of alkyl halides is 1. The highest BCUT2D eigenvalue weighted by Gasteiger charge is 2.26. The molecule has 1 aromatic heterocycles. The first kappa shape index (κ1) is 8.69. The zero-order valence-corrected chi connectivity index (χ0v) is 7.63. The maximum absolute atomic E-state index is 13.5. The van der Waals surface area contributed by atoms with Gasteiger partial charge in [0.15, 0.2) is 0 Å². The third-order valence-electron chi connectivity index (χ3n) is 2.62. The third-order valence-corrected chi connectivity index (χ3v) is 2.62. The van der Waals surface area contributed by atoms with Gasteiger partial charge in [-0.1, -0.05) is 0 Å². The van der Waals surface area contributed by atoms with Gasteiger partial charge in [-0.3, -0.25) is 4.68 Å². The minimum absolute atomic E-state index is 0.163. The van der Waals surface area contributed by atoms with Gasteiger partial charge in [-0.25, -0.2) is 4.39 Å². The molecule has 0 fully saturated rings. The van der Waals surface area contributed by atoms with E-state index in [1.807, 2.05) is 0 Å². The van der Waals surface area contributed by atoms with Crippen LogP contribution < -0.4 is 0 Å². The van der Waals surface area contributed by atoms with Crippen LogP contribution in [0.5, 0.6) is 0 Å². The van der Waals surface area contributed by atoms with Crippen molar-refractivity contribution in [3.8, 4) is 0 Å². The van der Waals surface area contributed by atoms with Crippen molar-refractivity contribution in [1.29, 1.82) is 0 Å². The van der Waals surface area contributed by atoms with Crippen molar-refractivity contribution in [2.45, 2.75) is 32.0 Å². The second-order valence-corrected chi connectivity index (χ2v) is 3.45. The van der Waals surface area contributed by atoms with Crippen molar-refractivity contribution in [3.05, 3.63) is 17.0 Å². The SMILES string of the molecule is Cn1nc(CO)c2c1CCCC2F. The molecule has 13 heavy (non-hydrogen) atoms. The number of hydrogen-bond acceptors (Lipinski definition) is 2. The second-order valence-electron chi connectivity index (χ2n) is 3.45. The summed E-state index contributed by atoms with van der Waals surface area (Å²) in [4.78, 5) is 0. The molecule has 0 aromatic carbocycles. The van der Waals surface area contributed by atoms with Crippen molar-refractivity contribution in [1.82, 2.24) is 9.78 Å². The van der Waals surface area contributed by atoms with Crippen LogP contribution in [-0.4, -0.2) is 14.9 Å². The van der Waals surface area contributed by atoms with Gasteiger partial charge in [-0.15, -0.1) is 0 Å². The van der Waals surface area contributed by atoms with Crippen LogP contribution in [0.2, 0.25) is 0 Å². The summed E-state index contributed by atoms with van der Waals surface area (Å²) in [6.45, 7) is -0.163. The number of aryl methyl sites for hydroxylation is 1. The lowest BCUT2D eigenvalue weighted by molar-refractivity contribution is 0.261. The predicted octanol–water partition coefficient (Wildman–Crippen LogP) is 1.26. The molecule has 4 heteroatoms. The van der Waals surface area contributed by atoms with Gasteiger partial charge in [0.25, 0.3) is 0 Å². The van der Waals surface area contributed by atoms with E-state index in [-0.39, 0.29) is 6.61 Å². The van der Waals surface area contributed by atoms with E-state index in [1.165, 1.54) is 0 Å². The van der Waals surface area contributed by atoms with Crippen LogP contribution >= 0.6 is 0 Å². The van der Waals surface area contributed by atoms with E-state index < -0.39 is 6.17 Å². The fourth-order valence-corrected chi connectivity index (χ4v) is 2.00. The third kappa shape index (κ3) is 1.25. The average molecular weight is 184 g/mol. The number of hydrogen-bond donors (Lipinski definition) is 1. The van der Waals surface area contributed by atoms with Gasteiger partial charge >= 0.3 is 0 Å². The monoisotopic (exact) mass is 184 g/mol. The molecule has 1 N–H and O–H groups in total. The molecule has 0 spiro atoms. The number of aliphatic hydroxyl groups excluding tert-OH is 1. The molecule has 1 aliphatic rings. The number of aliphatic hydroxyl groups is 1. The second kappa shape index (κ2) is 3.10. The maximum atomic E-state index is 13.5. The normalized spacial score (nSPS) is 21.6. The summed E-state index contributed by atoms with van der Waals surface area (Å²) in [5.74, 6) is 0. The van der Waals surface area contributed by atoms with Crippen molar-refractivity contribution in [2.24, 2.45) is 7.05 Å². The van der Waals surface area contributed by atoms with Gasteiger partial charge < -0.3 is 5.11 Å². The van der Waals surface area contributed by atoms with Crippen molar-refractivity contribution < 1.29 is 9.50 Å². The molecule has 1 unspecified atom stereocenters. The molecule has 2 rings (SSSR count). The predicted molar refractivity (Wildman–Crippen MR) is 45.9 cm³/mol. The Morgan fingerprint density at radius 1 is 1.69 bits per heavy atom. The summed E-state index contributed by atoms with van der Waals surface area (Å²) in [6, 6.07) is 0. The lowest BCUT2D eigenvalue weighted by Gasteiger charge is -2.16. The van der Waals surface area contributed by atoms with Crippen LogP contribution in [0, 0.1) is 0 Å².